The molecule has 3 aromatic carbocycles. The fraction of sp³-hybridized carbons (Fsp3) is 0.269. The molecule has 1 amide bonds. The Morgan fingerprint density at radius 2 is 1.67 bits per heavy atom. The number of aryl methyl sites for hydroxylation is 2. The van der Waals surface area contributed by atoms with Gasteiger partial charge in [-0.15, -0.1) is 0 Å². The van der Waals surface area contributed by atoms with Crippen molar-refractivity contribution in [3.8, 4) is 11.5 Å². The van der Waals surface area contributed by atoms with Crippen molar-refractivity contribution in [3.05, 3.63) is 88.5 Å². The molecule has 1 aliphatic heterocycles. The van der Waals surface area contributed by atoms with Crippen LogP contribution in [0.15, 0.2) is 60.7 Å². The Morgan fingerprint density at radius 3 is 2.37 bits per heavy atom. The maximum atomic E-state index is 12.6. The van der Waals surface area contributed by atoms with Crippen molar-refractivity contribution < 1.29 is 14.3 Å². The van der Waals surface area contributed by atoms with Crippen molar-refractivity contribution in [3.63, 3.8) is 0 Å². The minimum atomic E-state index is -0.202. The molecule has 0 spiro atoms. The number of nitrogens with one attached hydrogen (secondary N) is 1. The highest BCUT2D eigenvalue weighted by atomic mass is 16.5. The predicted octanol–water partition coefficient (Wildman–Crippen LogP) is 5.85. The number of fused-ring (bicyclic) bond motifs is 1. The SMILES string of the molecule is Cc1cccc(C)c1NC(=O)c1ccc(COc2cccc3c2OC(C)(C)C3)cc1. The highest BCUT2D eigenvalue weighted by Gasteiger charge is 2.32. The van der Waals surface area contributed by atoms with E-state index in [-0.39, 0.29) is 11.5 Å². The van der Waals surface area contributed by atoms with Crippen LogP contribution in [0.3, 0.4) is 0 Å². The molecule has 3 aromatic rings. The fourth-order valence-corrected chi connectivity index (χ4v) is 3.81. The molecule has 4 rings (SSSR count). The Kier molecular flexibility index (Phi) is 5.25. The number of para-hydroxylation sites is 2. The normalized spacial score (nSPS) is 14.0. The highest BCUT2D eigenvalue weighted by Crippen LogP contribution is 2.41. The third-order valence-corrected chi connectivity index (χ3v) is 5.39. The van der Waals surface area contributed by atoms with E-state index in [2.05, 4.69) is 25.2 Å². The second kappa shape index (κ2) is 7.86. The summed E-state index contributed by atoms with van der Waals surface area (Å²) in [6.45, 7) is 8.57. The summed E-state index contributed by atoms with van der Waals surface area (Å²) >= 11 is 0. The molecule has 0 radical (unpaired) electrons. The summed E-state index contributed by atoms with van der Waals surface area (Å²) in [7, 11) is 0. The third kappa shape index (κ3) is 4.18. The van der Waals surface area contributed by atoms with Gasteiger partial charge in [0.1, 0.15) is 12.2 Å². The molecule has 1 aliphatic rings. The van der Waals surface area contributed by atoms with Crippen LogP contribution in [0.4, 0.5) is 5.69 Å². The van der Waals surface area contributed by atoms with Gasteiger partial charge in [-0.2, -0.15) is 0 Å². The van der Waals surface area contributed by atoms with Crippen LogP contribution in [0.25, 0.3) is 0 Å². The number of hydrogen-bond donors (Lipinski definition) is 1. The lowest BCUT2D eigenvalue weighted by Gasteiger charge is -2.18. The molecule has 154 valence electrons. The van der Waals surface area contributed by atoms with Crippen molar-refractivity contribution >= 4 is 11.6 Å². The largest absolute Gasteiger partial charge is 0.485 e. The van der Waals surface area contributed by atoms with Crippen LogP contribution in [-0.4, -0.2) is 11.5 Å². The maximum absolute atomic E-state index is 12.6. The monoisotopic (exact) mass is 401 g/mol. The van der Waals surface area contributed by atoms with Gasteiger partial charge in [0.2, 0.25) is 0 Å². The molecule has 0 atom stereocenters. The number of hydrogen-bond acceptors (Lipinski definition) is 3. The molecule has 1 N–H and O–H groups in total. The van der Waals surface area contributed by atoms with Crippen molar-refractivity contribution in [2.24, 2.45) is 0 Å². The molecule has 0 aliphatic carbocycles. The second-order valence-electron chi connectivity index (χ2n) is 8.49. The average molecular weight is 402 g/mol. The molecule has 0 bridgehead atoms. The summed E-state index contributed by atoms with van der Waals surface area (Å²) in [5, 5.41) is 3.02. The number of rotatable bonds is 5. The van der Waals surface area contributed by atoms with Crippen molar-refractivity contribution in [1.82, 2.24) is 0 Å². The number of benzene rings is 3. The first-order valence-electron chi connectivity index (χ1n) is 10.2. The molecular weight excluding hydrogens is 374 g/mol. The number of carbonyl (C=O) groups is 1. The van der Waals surface area contributed by atoms with E-state index >= 15 is 0 Å². The van der Waals surface area contributed by atoms with Gasteiger partial charge in [-0.1, -0.05) is 42.5 Å². The van der Waals surface area contributed by atoms with Crippen LogP contribution >= 0.6 is 0 Å². The molecule has 4 nitrogen and oxygen atoms in total. The predicted molar refractivity (Wildman–Crippen MR) is 119 cm³/mol. The molecule has 0 saturated carbocycles. The van der Waals surface area contributed by atoms with E-state index in [1.807, 2.05) is 68.4 Å². The van der Waals surface area contributed by atoms with Crippen LogP contribution in [0.5, 0.6) is 11.5 Å². The first kappa shape index (κ1) is 20.0. The van der Waals surface area contributed by atoms with E-state index in [0.717, 1.165) is 40.3 Å². The molecule has 0 saturated heterocycles. The van der Waals surface area contributed by atoms with Crippen molar-refractivity contribution in [2.45, 2.75) is 46.3 Å². The summed E-state index contributed by atoms with van der Waals surface area (Å²) in [6, 6.07) is 19.5. The number of carbonyl (C=O) groups excluding carboxylic acids is 1. The van der Waals surface area contributed by atoms with E-state index in [0.29, 0.717) is 12.2 Å². The van der Waals surface area contributed by atoms with Gasteiger partial charge in [-0.25, -0.2) is 0 Å². The summed E-state index contributed by atoms with van der Waals surface area (Å²) < 4.78 is 12.1. The lowest BCUT2D eigenvalue weighted by Crippen LogP contribution is -2.24. The number of amides is 1. The van der Waals surface area contributed by atoms with Crippen LogP contribution in [0.2, 0.25) is 0 Å². The number of ether oxygens (including phenoxy) is 2. The Bertz CT molecular complexity index is 1060. The molecule has 1 heterocycles. The van der Waals surface area contributed by atoms with Gasteiger partial charge in [0.05, 0.1) is 0 Å². The Balaban J connectivity index is 1.42. The van der Waals surface area contributed by atoms with Crippen molar-refractivity contribution in [1.29, 1.82) is 0 Å². The third-order valence-electron chi connectivity index (χ3n) is 5.39. The second-order valence-corrected chi connectivity index (χ2v) is 8.49. The highest BCUT2D eigenvalue weighted by molar-refractivity contribution is 6.05. The topological polar surface area (TPSA) is 47.6 Å². The first-order chi connectivity index (χ1) is 14.3. The van der Waals surface area contributed by atoms with Crippen LogP contribution < -0.4 is 14.8 Å². The lowest BCUT2D eigenvalue weighted by atomic mass is 10.0. The first-order valence-corrected chi connectivity index (χ1v) is 10.2. The zero-order valence-corrected chi connectivity index (χ0v) is 17.9. The quantitative estimate of drug-likeness (QED) is 0.583. The van der Waals surface area contributed by atoms with Gasteiger partial charge in [0.15, 0.2) is 11.5 Å². The number of anilines is 1. The Hall–Kier alpha value is -3.27. The van der Waals surface area contributed by atoms with Gasteiger partial charge >= 0.3 is 0 Å². The summed E-state index contributed by atoms with van der Waals surface area (Å²) in [5.41, 5.74) is 5.56. The van der Waals surface area contributed by atoms with Gasteiger partial charge in [0, 0.05) is 23.2 Å². The summed E-state index contributed by atoms with van der Waals surface area (Å²) in [6.07, 6.45) is 0.879. The average Bonchev–Trinajstić information content (AvgIpc) is 3.04. The van der Waals surface area contributed by atoms with E-state index in [1.54, 1.807) is 0 Å². The van der Waals surface area contributed by atoms with E-state index in [4.69, 9.17) is 9.47 Å². The summed E-state index contributed by atoms with van der Waals surface area (Å²) in [4.78, 5) is 12.6. The molecular formula is C26H27NO3. The van der Waals surface area contributed by atoms with Crippen molar-refractivity contribution in [2.75, 3.05) is 5.32 Å². The van der Waals surface area contributed by atoms with E-state index in [9.17, 15) is 4.79 Å². The molecule has 0 fully saturated rings. The van der Waals surface area contributed by atoms with Gasteiger partial charge in [0.25, 0.3) is 5.91 Å². The zero-order valence-electron chi connectivity index (χ0n) is 17.9. The minimum absolute atomic E-state index is 0.114. The van der Waals surface area contributed by atoms with Crippen LogP contribution in [0.1, 0.15) is 46.5 Å². The molecule has 0 aromatic heterocycles. The maximum Gasteiger partial charge on any atom is 0.255 e. The minimum Gasteiger partial charge on any atom is -0.485 e. The van der Waals surface area contributed by atoms with Gasteiger partial charge in [-0.3, -0.25) is 4.79 Å². The standard InChI is InChI=1S/C26H27NO3/c1-17-7-5-8-18(2)23(17)27-25(28)20-13-11-19(12-14-20)16-29-22-10-6-9-21-15-26(3,4)30-24(21)22/h5-14H,15-16H2,1-4H3,(H,27,28). The van der Waals surface area contributed by atoms with Crippen LogP contribution in [-0.2, 0) is 13.0 Å². The smallest absolute Gasteiger partial charge is 0.255 e. The fourth-order valence-electron chi connectivity index (χ4n) is 3.81. The van der Waals surface area contributed by atoms with E-state index < -0.39 is 0 Å². The van der Waals surface area contributed by atoms with Gasteiger partial charge in [-0.05, 0) is 62.6 Å². The molecule has 4 heteroatoms. The molecule has 30 heavy (non-hydrogen) atoms. The Labute approximate surface area is 177 Å². The van der Waals surface area contributed by atoms with Gasteiger partial charge < -0.3 is 14.8 Å². The zero-order chi connectivity index (χ0) is 21.3. The Morgan fingerprint density at radius 1 is 1.00 bits per heavy atom. The molecule has 0 unspecified atom stereocenters. The summed E-state index contributed by atoms with van der Waals surface area (Å²) in [5.74, 6) is 1.48. The lowest BCUT2D eigenvalue weighted by molar-refractivity contribution is 0.102. The van der Waals surface area contributed by atoms with E-state index in [1.165, 1.54) is 5.56 Å². The van der Waals surface area contributed by atoms with Crippen LogP contribution in [0, 0.1) is 13.8 Å².